The number of aryl methyl sites for hydroxylation is 1. The van der Waals surface area contributed by atoms with Crippen LogP contribution in [-0.2, 0) is 45.9 Å². The molecule has 3 heterocycles. The van der Waals surface area contributed by atoms with Crippen LogP contribution < -0.4 is 5.32 Å². The minimum Gasteiger partial charge on any atom is -0.365 e. The number of halogens is 1. The van der Waals surface area contributed by atoms with E-state index in [0.29, 0.717) is 19.4 Å². The molecule has 0 aliphatic carbocycles. The minimum absolute atomic E-state index is 0.00825. The number of amides is 1. The highest BCUT2D eigenvalue weighted by atomic mass is 35.5. The number of benzene rings is 2. The first-order valence-electron chi connectivity index (χ1n) is 14.7. The number of carbonyl (C=O) groups excluding carboxylic acids is 2. The van der Waals surface area contributed by atoms with Crippen molar-refractivity contribution < 1.29 is 14.3 Å². The molecule has 0 aromatic heterocycles. The molecular formula is C32H42ClN3O3. The number of hydrogen-bond donors (Lipinski definition) is 1. The Balaban J connectivity index is 1.09. The highest BCUT2D eigenvalue weighted by molar-refractivity contribution is 6.30. The number of hydrogen-bond acceptors (Lipinski definition) is 5. The molecule has 1 amide bonds. The van der Waals surface area contributed by atoms with Gasteiger partial charge in [0.2, 0.25) is 5.91 Å². The summed E-state index contributed by atoms with van der Waals surface area (Å²) in [5, 5.41) is 3.60. The molecule has 1 fully saturated rings. The Bertz CT molecular complexity index is 1160. The fourth-order valence-corrected chi connectivity index (χ4v) is 6.99. The van der Waals surface area contributed by atoms with Crippen LogP contribution in [0.3, 0.4) is 0 Å². The summed E-state index contributed by atoms with van der Waals surface area (Å²) >= 11 is 6.30. The fourth-order valence-electron chi connectivity index (χ4n) is 6.82. The van der Waals surface area contributed by atoms with Gasteiger partial charge in [-0.05, 0) is 91.4 Å². The summed E-state index contributed by atoms with van der Waals surface area (Å²) in [5.41, 5.74) is 6.69. The highest BCUT2D eigenvalue weighted by Crippen LogP contribution is 2.45. The second kappa shape index (κ2) is 12.9. The first kappa shape index (κ1) is 28.3. The Morgan fingerprint density at radius 2 is 1.97 bits per heavy atom. The predicted octanol–water partition coefficient (Wildman–Crippen LogP) is 5.03. The van der Waals surface area contributed by atoms with Gasteiger partial charge >= 0.3 is 0 Å². The van der Waals surface area contributed by atoms with E-state index in [0.717, 1.165) is 69.7 Å². The van der Waals surface area contributed by atoms with Crippen LogP contribution in [0.5, 0.6) is 0 Å². The Hall–Kier alpha value is -2.25. The summed E-state index contributed by atoms with van der Waals surface area (Å²) in [5.74, 6) is 0.00825. The highest BCUT2D eigenvalue weighted by Gasteiger charge is 2.42. The quantitative estimate of drug-likeness (QED) is 0.314. The summed E-state index contributed by atoms with van der Waals surface area (Å²) in [6.07, 6.45) is 9.60. The molecule has 6 nitrogen and oxygen atoms in total. The standard InChI is InChI=1S/C32H42ClN3O3/c1-34-31(38)30(10-6-20-37)36-17-13-25-9-5-8-24(28(25)22-36)7-3-2-4-16-35-18-14-32(15-19-35)29-21-27(33)12-11-26(29)23-39-32/h5,8-9,11-12,20-21,30H,2-4,6-7,10,13-19,22-23H2,1H3,(H,34,38). The normalized spacial score (nSPS) is 19.4. The molecule has 1 saturated heterocycles. The van der Waals surface area contributed by atoms with E-state index >= 15 is 0 Å². The van der Waals surface area contributed by atoms with Gasteiger partial charge in [0.15, 0.2) is 0 Å². The Kier molecular flexibility index (Phi) is 9.39. The minimum atomic E-state index is -0.245. The molecule has 2 aromatic rings. The lowest BCUT2D eigenvalue weighted by atomic mass is 9.84. The second-order valence-electron chi connectivity index (χ2n) is 11.4. The van der Waals surface area contributed by atoms with Gasteiger partial charge in [-0.25, -0.2) is 0 Å². The summed E-state index contributed by atoms with van der Waals surface area (Å²) < 4.78 is 6.33. The van der Waals surface area contributed by atoms with E-state index in [4.69, 9.17) is 16.3 Å². The van der Waals surface area contributed by atoms with E-state index in [1.165, 1.54) is 47.1 Å². The van der Waals surface area contributed by atoms with Crippen LogP contribution in [-0.4, -0.2) is 61.3 Å². The third-order valence-electron chi connectivity index (χ3n) is 9.10. The summed E-state index contributed by atoms with van der Waals surface area (Å²) in [6, 6.07) is 12.6. The van der Waals surface area contributed by atoms with Crippen molar-refractivity contribution in [2.75, 3.05) is 33.2 Å². The maximum Gasteiger partial charge on any atom is 0.237 e. The first-order valence-corrected chi connectivity index (χ1v) is 15.0. The number of ether oxygens (including phenoxy) is 1. The van der Waals surface area contributed by atoms with E-state index < -0.39 is 0 Å². The zero-order valence-corrected chi connectivity index (χ0v) is 24.0. The van der Waals surface area contributed by atoms with E-state index in [1.807, 2.05) is 6.07 Å². The number of rotatable bonds is 11. The van der Waals surface area contributed by atoms with Crippen LogP contribution >= 0.6 is 11.6 Å². The average molecular weight is 552 g/mol. The number of likely N-dealkylation sites (N-methyl/N-ethyl adjacent to an activating group) is 1. The van der Waals surface area contributed by atoms with Crippen molar-refractivity contribution in [3.8, 4) is 0 Å². The van der Waals surface area contributed by atoms with Gasteiger partial charge in [0.25, 0.3) is 0 Å². The number of nitrogens with zero attached hydrogens (tertiary/aromatic N) is 2. The van der Waals surface area contributed by atoms with Crippen LogP contribution in [0.2, 0.25) is 5.02 Å². The van der Waals surface area contributed by atoms with Crippen molar-refractivity contribution in [1.82, 2.24) is 15.1 Å². The van der Waals surface area contributed by atoms with Gasteiger partial charge in [-0.2, -0.15) is 0 Å². The second-order valence-corrected chi connectivity index (χ2v) is 11.8. The number of unbranched alkanes of at least 4 members (excludes halogenated alkanes) is 2. The van der Waals surface area contributed by atoms with E-state index in [9.17, 15) is 9.59 Å². The molecule has 210 valence electrons. The maximum absolute atomic E-state index is 12.5. The van der Waals surface area contributed by atoms with Crippen molar-refractivity contribution in [3.63, 3.8) is 0 Å². The maximum atomic E-state index is 12.5. The van der Waals surface area contributed by atoms with E-state index in [-0.39, 0.29) is 17.6 Å². The van der Waals surface area contributed by atoms with Crippen molar-refractivity contribution in [2.45, 2.75) is 82.6 Å². The van der Waals surface area contributed by atoms with Crippen LogP contribution in [0, 0.1) is 0 Å². The smallest absolute Gasteiger partial charge is 0.237 e. The molecule has 3 aliphatic heterocycles. The molecule has 5 rings (SSSR count). The van der Waals surface area contributed by atoms with Crippen molar-refractivity contribution in [3.05, 3.63) is 69.2 Å². The molecular weight excluding hydrogens is 510 g/mol. The summed E-state index contributed by atoms with van der Waals surface area (Å²) in [6.45, 7) is 5.64. The molecule has 1 unspecified atom stereocenters. The van der Waals surface area contributed by atoms with Crippen LogP contribution in [0.4, 0.5) is 0 Å². The predicted molar refractivity (Wildman–Crippen MR) is 155 cm³/mol. The largest absolute Gasteiger partial charge is 0.365 e. The van der Waals surface area contributed by atoms with Crippen LogP contribution in [0.15, 0.2) is 36.4 Å². The third kappa shape index (κ3) is 6.40. The zero-order valence-electron chi connectivity index (χ0n) is 23.2. The molecule has 0 bridgehead atoms. The lowest BCUT2D eigenvalue weighted by molar-refractivity contribution is -0.126. The summed E-state index contributed by atoms with van der Waals surface area (Å²) in [7, 11) is 1.68. The monoisotopic (exact) mass is 551 g/mol. The van der Waals surface area contributed by atoms with Gasteiger partial charge < -0.3 is 19.7 Å². The van der Waals surface area contributed by atoms with Crippen molar-refractivity contribution >= 4 is 23.8 Å². The third-order valence-corrected chi connectivity index (χ3v) is 9.33. The van der Waals surface area contributed by atoms with Crippen LogP contribution in [0.25, 0.3) is 0 Å². The average Bonchev–Trinajstić information content (AvgIpc) is 3.30. The lowest BCUT2D eigenvalue weighted by Crippen LogP contribution is -2.48. The Morgan fingerprint density at radius 3 is 2.77 bits per heavy atom. The Labute approximate surface area is 238 Å². The molecule has 0 radical (unpaired) electrons. The number of piperidine rings is 1. The van der Waals surface area contributed by atoms with Gasteiger partial charge in [0.1, 0.15) is 6.29 Å². The SMILES string of the molecule is CNC(=O)C(CCC=O)N1CCc2cccc(CCCCCN3CCC4(CC3)OCc3ccc(Cl)cc34)c2C1. The van der Waals surface area contributed by atoms with Crippen molar-refractivity contribution in [2.24, 2.45) is 0 Å². The molecule has 7 heteroatoms. The van der Waals surface area contributed by atoms with Crippen molar-refractivity contribution in [1.29, 1.82) is 0 Å². The fraction of sp³-hybridized carbons (Fsp3) is 0.562. The molecule has 2 aromatic carbocycles. The molecule has 1 atom stereocenters. The number of fused-ring (bicyclic) bond motifs is 3. The van der Waals surface area contributed by atoms with E-state index in [1.54, 1.807) is 7.05 Å². The molecule has 3 aliphatic rings. The molecule has 1 N–H and O–H groups in total. The number of aldehydes is 1. The molecule has 39 heavy (non-hydrogen) atoms. The molecule has 1 spiro atoms. The molecule has 0 saturated carbocycles. The lowest BCUT2D eigenvalue weighted by Gasteiger charge is -2.39. The number of nitrogens with one attached hydrogen (secondary N) is 1. The van der Waals surface area contributed by atoms with Gasteiger partial charge in [-0.15, -0.1) is 0 Å². The number of carbonyl (C=O) groups is 2. The zero-order chi connectivity index (χ0) is 27.2. The van der Waals surface area contributed by atoms with Gasteiger partial charge in [0, 0.05) is 44.7 Å². The van der Waals surface area contributed by atoms with Crippen LogP contribution in [0.1, 0.15) is 72.8 Å². The Morgan fingerprint density at radius 1 is 1.13 bits per heavy atom. The van der Waals surface area contributed by atoms with Gasteiger partial charge in [-0.3, -0.25) is 9.69 Å². The number of likely N-dealkylation sites (tertiary alicyclic amines) is 1. The first-order chi connectivity index (χ1) is 19.0. The van der Waals surface area contributed by atoms with Gasteiger partial charge in [0.05, 0.1) is 18.2 Å². The topological polar surface area (TPSA) is 61.9 Å². The van der Waals surface area contributed by atoms with Gasteiger partial charge in [-0.1, -0.05) is 42.3 Å². The summed E-state index contributed by atoms with van der Waals surface area (Å²) in [4.78, 5) is 28.4. The van der Waals surface area contributed by atoms with E-state index in [2.05, 4.69) is 45.4 Å².